The third-order valence-electron chi connectivity index (χ3n) is 18.5. The summed E-state index contributed by atoms with van der Waals surface area (Å²) in [7, 11) is 0. The van der Waals surface area contributed by atoms with Gasteiger partial charge in [-0.3, -0.25) is 0 Å². The number of rotatable bonds is 11. The van der Waals surface area contributed by atoms with Crippen molar-refractivity contribution in [2.75, 3.05) is 9.80 Å². The molecule has 0 saturated heterocycles. The third kappa shape index (κ3) is 10.2. The molecule has 0 saturated carbocycles. The number of benzene rings is 7. The van der Waals surface area contributed by atoms with Crippen molar-refractivity contribution < 1.29 is 0 Å². The Labute approximate surface area is 517 Å². The number of hydrogen-bond acceptors (Lipinski definition) is 2. The van der Waals surface area contributed by atoms with E-state index in [1.54, 1.807) is 0 Å². The second-order valence-electron chi connectivity index (χ2n) is 23.5. The van der Waals surface area contributed by atoms with E-state index in [-0.39, 0.29) is 0 Å². The molecule has 87 heavy (non-hydrogen) atoms. The molecule has 0 amide bonds. The third-order valence-corrected chi connectivity index (χ3v) is 18.5. The highest BCUT2D eigenvalue weighted by Gasteiger charge is 2.54. The Hall–Kier alpha value is -9.50. The molecule has 0 radical (unpaired) electrons. The summed E-state index contributed by atoms with van der Waals surface area (Å²) in [6.45, 7) is 15.9. The van der Waals surface area contributed by atoms with Crippen LogP contribution in [0.1, 0.15) is 111 Å². The van der Waals surface area contributed by atoms with Crippen LogP contribution >= 0.6 is 0 Å². The average molecular weight is 1130 g/mol. The second-order valence-corrected chi connectivity index (χ2v) is 23.5. The van der Waals surface area contributed by atoms with Crippen molar-refractivity contribution in [3.8, 4) is 11.1 Å². The molecular formula is C85H78N2. The Morgan fingerprint density at radius 1 is 0.690 bits per heavy atom. The van der Waals surface area contributed by atoms with Gasteiger partial charge < -0.3 is 9.80 Å². The lowest BCUT2D eigenvalue weighted by Crippen LogP contribution is -2.43. The van der Waals surface area contributed by atoms with Gasteiger partial charge >= 0.3 is 0 Å². The van der Waals surface area contributed by atoms with Gasteiger partial charge in [0.1, 0.15) is 0 Å². The van der Waals surface area contributed by atoms with E-state index >= 15 is 0 Å². The summed E-state index contributed by atoms with van der Waals surface area (Å²) in [6, 6.07) is 57.9. The van der Waals surface area contributed by atoms with Gasteiger partial charge in [-0.05, 0) is 200 Å². The SMILES string of the molecule is C=C/C1=C(\c2ccc3c(c2)C2(C4=CCC(C)C=C4N(c4ccc(N(Cc5ccccc5/C=C\C)c5cccc6ccccc56)cc4)C4=C2C=CCC=C4)c2cc(C4=C5C=CC=CC5Cc5ccccc54)ccc2-3)C/C=C\C=C/C/C=C1/C=C\CC.CC. The van der Waals surface area contributed by atoms with E-state index in [0.717, 1.165) is 49.9 Å². The van der Waals surface area contributed by atoms with Crippen LogP contribution in [-0.2, 0) is 18.4 Å². The summed E-state index contributed by atoms with van der Waals surface area (Å²) in [5.41, 5.74) is 27.4. The van der Waals surface area contributed by atoms with E-state index in [1.165, 1.54) is 123 Å². The normalized spacial score (nSPS) is 22.0. The van der Waals surface area contributed by atoms with Gasteiger partial charge in [0.25, 0.3) is 0 Å². The van der Waals surface area contributed by atoms with Crippen LogP contribution in [0.4, 0.5) is 17.1 Å². The predicted octanol–water partition coefficient (Wildman–Crippen LogP) is 22.5. The molecule has 2 heteroatoms. The fraction of sp³-hybridized carbons (Fsp3) is 0.176. The smallest absolute Gasteiger partial charge is 0.0751 e. The zero-order valence-electron chi connectivity index (χ0n) is 51.2. The van der Waals surface area contributed by atoms with E-state index in [2.05, 4.69) is 310 Å². The van der Waals surface area contributed by atoms with E-state index in [1.807, 2.05) is 13.8 Å². The molecule has 0 aromatic heterocycles. The highest BCUT2D eigenvalue weighted by molar-refractivity contribution is 5.98. The molecule has 2 nitrogen and oxygen atoms in total. The molecule has 1 spiro atoms. The highest BCUT2D eigenvalue weighted by Crippen LogP contribution is 2.64. The molecule has 7 aliphatic rings. The lowest BCUT2D eigenvalue weighted by atomic mass is 9.61. The molecule has 3 unspecified atom stereocenters. The zero-order valence-corrected chi connectivity index (χ0v) is 51.2. The number of fused-ring (bicyclic) bond motifs is 11. The molecule has 6 aliphatic carbocycles. The maximum atomic E-state index is 4.53. The van der Waals surface area contributed by atoms with Gasteiger partial charge in [-0.1, -0.05) is 259 Å². The van der Waals surface area contributed by atoms with Crippen molar-refractivity contribution in [3.63, 3.8) is 0 Å². The molecule has 428 valence electrons. The Morgan fingerprint density at radius 2 is 1.45 bits per heavy atom. The summed E-state index contributed by atoms with van der Waals surface area (Å²) < 4.78 is 0. The molecule has 14 rings (SSSR count). The molecule has 7 aromatic carbocycles. The summed E-state index contributed by atoms with van der Waals surface area (Å²) in [4.78, 5) is 5.11. The second kappa shape index (κ2) is 24.8. The minimum absolute atomic E-state index is 0.321. The first-order valence-electron chi connectivity index (χ1n) is 31.8. The Balaban J connectivity index is 0.00000347. The van der Waals surface area contributed by atoms with Gasteiger partial charge in [-0.25, -0.2) is 0 Å². The molecule has 7 aromatic rings. The van der Waals surface area contributed by atoms with Crippen molar-refractivity contribution in [3.05, 3.63) is 357 Å². The molecule has 1 heterocycles. The number of anilines is 3. The number of hydrogen-bond donors (Lipinski definition) is 0. The summed E-state index contributed by atoms with van der Waals surface area (Å²) >= 11 is 0. The van der Waals surface area contributed by atoms with Gasteiger partial charge in [0.05, 0.1) is 11.1 Å². The fourth-order valence-corrected chi connectivity index (χ4v) is 14.7. The lowest BCUT2D eigenvalue weighted by Gasteiger charge is -2.49. The highest BCUT2D eigenvalue weighted by atomic mass is 15.2. The predicted molar refractivity (Wildman–Crippen MR) is 374 cm³/mol. The minimum atomic E-state index is -0.670. The average Bonchev–Trinajstić information content (AvgIpc) is 1.58. The number of allylic oxidation sites excluding steroid dienone is 25. The summed E-state index contributed by atoms with van der Waals surface area (Å²) in [5, 5.41) is 2.46. The topological polar surface area (TPSA) is 6.48 Å². The van der Waals surface area contributed by atoms with Crippen LogP contribution in [-0.4, -0.2) is 0 Å². The summed E-state index contributed by atoms with van der Waals surface area (Å²) in [5.74, 6) is 0.641. The van der Waals surface area contributed by atoms with Crippen molar-refractivity contribution in [1.29, 1.82) is 0 Å². The van der Waals surface area contributed by atoms with Crippen molar-refractivity contribution in [2.45, 2.75) is 85.1 Å². The van der Waals surface area contributed by atoms with Crippen molar-refractivity contribution in [1.82, 2.24) is 0 Å². The lowest BCUT2D eigenvalue weighted by molar-refractivity contribution is 0.648. The van der Waals surface area contributed by atoms with Gasteiger partial charge in [0, 0.05) is 40.6 Å². The van der Waals surface area contributed by atoms with Gasteiger partial charge in [-0.2, -0.15) is 0 Å². The van der Waals surface area contributed by atoms with Crippen LogP contribution in [0, 0.1) is 11.8 Å². The van der Waals surface area contributed by atoms with Crippen molar-refractivity contribution in [2.24, 2.45) is 11.8 Å². The van der Waals surface area contributed by atoms with Gasteiger partial charge in [-0.15, -0.1) is 0 Å². The Morgan fingerprint density at radius 3 is 2.29 bits per heavy atom. The molecule has 0 bridgehead atoms. The first-order valence-corrected chi connectivity index (χ1v) is 31.8. The fourth-order valence-electron chi connectivity index (χ4n) is 14.7. The van der Waals surface area contributed by atoms with Crippen LogP contribution in [0.2, 0.25) is 0 Å². The van der Waals surface area contributed by atoms with Crippen LogP contribution in [0.15, 0.2) is 313 Å². The Kier molecular flexibility index (Phi) is 16.2. The first-order chi connectivity index (χ1) is 43.0. The molecule has 3 atom stereocenters. The van der Waals surface area contributed by atoms with Crippen LogP contribution in [0.5, 0.6) is 0 Å². The summed E-state index contributed by atoms with van der Waals surface area (Å²) in [6.07, 6.45) is 52.0. The largest absolute Gasteiger partial charge is 0.336 e. The quantitative estimate of drug-likeness (QED) is 0.127. The maximum Gasteiger partial charge on any atom is 0.0751 e. The van der Waals surface area contributed by atoms with E-state index in [9.17, 15) is 0 Å². The standard InChI is InChI=1S/C83H72N2.C2H6/c1-5-8-27-59-29-13-10-9-11-14-35-69(68(59)7-3)63-43-49-73-74-50-44-64(82-71-37-23-20-31-61(71)53-62-32-21-24-38-72(62)82)55-78(74)83(77(73)54-63)75-39-15-12-16-40-80(75)85(81-52-57(4)42-51-76(81)83)67-47-45-66(46-48-67)84(56-65-33-18-17-28-58(65)26-6-2)79-41-25-34-60-30-19-22-36-70(60)79;1-2/h6-11,14-34,36-41,43-52,54-55,57,61H,3,5,12-13,35,42,53,56H2,1-2,4H3;1-2H3/b10-9-,14-11-,26-6-,27-8-,59-29-,69-68+;. The van der Waals surface area contributed by atoms with Gasteiger partial charge in [0.15, 0.2) is 0 Å². The van der Waals surface area contributed by atoms with Crippen LogP contribution in [0.25, 0.3) is 39.1 Å². The van der Waals surface area contributed by atoms with E-state index in [4.69, 9.17) is 0 Å². The van der Waals surface area contributed by atoms with Gasteiger partial charge in [0.2, 0.25) is 0 Å². The van der Waals surface area contributed by atoms with Crippen LogP contribution in [0.3, 0.4) is 0 Å². The minimum Gasteiger partial charge on any atom is -0.336 e. The number of nitrogens with zero attached hydrogens (tertiary/aromatic N) is 2. The maximum absolute atomic E-state index is 4.53. The van der Waals surface area contributed by atoms with Crippen molar-refractivity contribution >= 4 is 45.1 Å². The first kappa shape index (κ1) is 56.6. The molecule has 1 aliphatic heterocycles. The zero-order chi connectivity index (χ0) is 59.4. The monoisotopic (exact) mass is 1130 g/mol. The molecular weight excluding hydrogens is 1050 g/mol. The Bertz CT molecular complexity index is 4320. The van der Waals surface area contributed by atoms with E-state index in [0.29, 0.717) is 18.4 Å². The van der Waals surface area contributed by atoms with E-state index < -0.39 is 5.41 Å². The van der Waals surface area contributed by atoms with Crippen LogP contribution < -0.4 is 9.80 Å². The molecule has 0 fully saturated rings. The molecule has 0 N–H and O–H groups in total.